The van der Waals surface area contributed by atoms with Crippen LogP contribution in [0.5, 0.6) is 0 Å². The zero-order valence-corrected chi connectivity index (χ0v) is 11.0. The molecular weight excluding hydrogens is 228 g/mol. The summed E-state index contributed by atoms with van der Waals surface area (Å²) >= 11 is 0. The molecule has 1 amide bonds. The molecule has 0 aromatic heterocycles. The molecule has 1 atom stereocenters. The minimum atomic E-state index is -0.416. The molecule has 0 aliphatic carbocycles. The van der Waals surface area contributed by atoms with E-state index >= 15 is 0 Å². The quantitative estimate of drug-likeness (QED) is 0.860. The molecular formula is C14H20N2O2. The molecule has 1 aromatic carbocycles. The van der Waals surface area contributed by atoms with Gasteiger partial charge in [-0.1, -0.05) is 18.2 Å². The highest BCUT2D eigenvalue weighted by Crippen LogP contribution is 2.32. The van der Waals surface area contributed by atoms with E-state index in [0.717, 1.165) is 30.6 Å². The van der Waals surface area contributed by atoms with Crippen LogP contribution in [0.1, 0.15) is 24.5 Å². The molecule has 4 nitrogen and oxygen atoms in total. The Morgan fingerprint density at radius 2 is 2.17 bits per heavy atom. The van der Waals surface area contributed by atoms with E-state index in [0.29, 0.717) is 6.54 Å². The average molecular weight is 248 g/mol. The van der Waals surface area contributed by atoms with Gasteiger partial charge in [0.2, 0.25) is 5.91 Å². The van der Waals surface area contributed by atoms with Gasteiger partial charge in [-0.05, 0) is 18.9 Å². The number of carbonyl (C=O) groups is 1. The van der Waals surface area contributed by atoms with Crippen LogP contribution in [0.4, 0.5) is 5.69 Å². The summed E-state index contributed by atoms with van der Waals surface area (Å²) in [6.45, 7) is 1.18. The number of hydrogen-bond acceptors (Lipinski definition) is 3. The van der Waals surface area contributed by atoms with E-state index < -0.39 is 6.10 Å². The number of likely N-dealkylation sites (N-methyl/N-ethyl adjacent to an activating group) is 1. The smallest absolute Gasteiger partial charge is 0.241 e. The Labute approximate surface area is 108 Å². The minimum absolute atomic E-state index is 0.0844. The van der Waals surface area contributed by atoms with Gasteiger partial charge in [-0.25, -0.2) is 0 Å². The normalized spacial score (nSPS) is 19.1. The lowest BCUT2D eigenvalue weighted by molar-refractivity contribution is -0.127. The predicted octanol–water partition coefficient (Wildman–Crippen LogP) is 1.41. The van der Waals surface area contributed by atoms with Crippen molar-refractivity contribution in [2.24, 2.45) is 0 Å². The average Bonchev–Trinajstić information content (AvgIpc) is 2.51. The van der Waals surface area contributed by atoms with Crippen molar-refractivity contribution in [3.63, 3.8) is 0 Å². The number of hydrogen-bond donors (Lipinski definition) is 1. The summed E-state index contributed by atoms with van der Waals surface area (Å²) in [6, 6.07) is 7.80. The number of amides is 1. The van der Waals surface area contributed by atoms with Crippen molar-refractivity contribution in [3.05, 3.63) is 29.8 Å². The van der Waals surface area contributed by atoms with E-state index in [4.69, 9.17) is 0 Å². The Hall–Kier alpha value is -1.55. The minimum Gasteiger partial charge on any atom is -0.388 e. The number of fused-ring (bicyclic) bond motifs is 1. The number of rotatable bonds is 2. The molecule has 0 saturated carbocycles. The van der Waals surface area contributed by atoms with Crippen LogP contribution < -0.4 is 4.90 Å². The molecule has 0 fully saturated rings. The molecule has 2 rings (SSSR count). The van der Waals surface area contributed by atoms with Crippen LogP contribution in [0, 0.1) is 0 Å². The Morgan fingerprint density at radius 3 is 2.89 bits per heavy atom. The molecule has 18 heavy (non-hydrogen) atoms. The Bertz CT molecular complexity index is 432. The van der Waals surface area contributed by atoms with Crippen LogP contribution in [0.3, 0.4) is 0 Å². The first-order valence-electron chi connectivity index (χ1n) is 6.31. The maximum atomic E-state index is 11.8. The number of nitrogens with zero attached hydrogens (tertiary/aromatic N) is 2. The molecule has 1 aliphatic heterocycles. The molecule has 1 aromatic rings. The van der Waals surface area contributed by atoms with Crippen LogP contribution in [-0.2, 0) is 4.79 Å². The summed E-state index contributed by atoms with van der Waals surface area (Å²) in [5.74, 6) is 0.0844. The first kappa shape index (κ1) is 12.9. The van der Waals surface area contributed by atoms with E-state index in [1.165, 1.54) is 0 Å². The van der Waals surface area contributed by atoms with Gasteiger partial charge >= 0.3 is 0 Å². The summed E-state index contributed by atoms with van der Waals surface area (Å²) in [4.78, 5) is 15.5. The number of para-hydroxylation sites is 1. The third kappa shape index (κ3) is 2.64. The molecule has 0 radical (unpaired) electrons. The Morgan fingerprint density at radius 1 is 1.44 bits per heavy atom. The lowest BCUT2D eigenvalue weighted by Gasteiger charge is -2.26. The standard InChI is InChI=1S/C14H20N2O2/c1-15(2)14(18)10-16-9-5-8-13(17)11-6-3-4-7-12(11)16/h3-4,6-7,13,17H,5,8-10H2,1-2H3. The number of benzene rings is 1. The van der Waals surface area contributed by atoms with Crippen molar-refractivity contribution >= 4 is 11.6 Å². The largest absolute Gasteiger partial charge is 0.388 e. The van der Waals surface area contributed by atoms with Gasteiger partial charge in [0.25, 0.3) is 0 Å². The molecule has 1 unspecified atom stereocenters. The highest BCUT2D eigenvalue weighted by atomic mass is 16.3. The SMILES string of the molecule is CN(C)C(=O)CN1CCCC(O)c2ccccc21. The highest BCUT2D eigenvalue weighted by Gasteiger charge is 2.22. The van der Waals surface area contributed by atoms with Crippen LogP contribution >= 0.6 is 0 Å². The van der Waals surface area contributed by atoms with Gasteiger partial charge in [-0.15, -0.1) is 0 Å². The maximum absolute atomic E-state index is 11.8. The molecule has 4 heteroatoms. The van der Waals surface area contributed by atoms with Gasteiger partial charge in [-0.2, -0.15) is 0 Å². The molecule has 1 aliphatic rings. The fraction of sp³-hybridized carbons (Fsp3) is 0.500. The fourth-order valence-corrected chi connectivity index (χ4v) is 2.28. The monoisotopic (exact) mass is 248 g/mol. The molecule has 0 saturated heterocycles. The van der Waals surface area contributed by atoms with Crippen molar-refractivity contribution in [1.82, 2.24) is 4.90 Å². The van der Waals surface area contributed by atoms with E-state index in [2.05, 4.69) is 4.90 Å². The second kappa shape index (κ2) is 5.40. The number of aliphatic hydroxyl groups excluding tert-OH is 1. The van der Waals surface area contributed by atoms with Gasteiger partial charge in [0.05, 0.1) is 12.6 Å². The van der Waals surface area contributed by atoms with Crippen LogP contribution in [-0.4, -0.2) is 43.1 Å². The lowest BCUT2D eigenvalue weighted by Crippen LogP contribution is -2.37. The van der Waals surface area contributed by atoms with Gasteiger partial charge in [0.15, 0.2) is 0 Å². The highest BCUT2D eigenvalue weighted by molar-refractivity contribution is 5.81. The number of aliphatic hydroxyl groups is 1. The van der Waals surface area contributed by atoms with E-state index in [1.54, 1.807) is 19.0 Å². The maximum Gasteiger partial charge on any atom is 0.241 e. The summed E-state index contributed by atoms with van der Waals surface area (Å²) < 4.78 is 0. The third-order valence-corrected chi connectivity index (χ3v) is 3.37. The summed E-state index contributed by atoms with van der Waals surface area (Å²) in [6.07, 6.45) is 1.24. The zero-order chi connectivity index (χ0) is 13.1. The van der Waals surface area contributed by atoms with Crippen LogP contribution in [0.25, 0.3) is 0 Å². The number of anilines is 1. The van der Waals surface area contributed by atoms with Gasteiger partial charge < -0.3 is 14.9 Å². The first-order chi connectivity index (χ1) is 8.59. The lowest BCUT2D eigenvalue weighted by atomic mass is 10.0. The van der Waals surface area contributed by atoms with Crippen molar-refractivity contribution in [1.29, 1.82) is 0 Å². The molecule has 0 bridgehead atoms. The fourth-order valence-electron chi connectivity index (χ4n) is 2.28. The van der Waals surface area contributed by atoms with E-state index in [9.17, 15) is 9.90 Å². The van der Waals surface area contributed by atoms with Gasteiger partial charge in [-0.3, -0.25) is 4.79 Å². The van der Waals surface area contributed by atoms with E-state index in [1.807, 2.05) is 24.3 Å². The molecule has 0 spiro atoms. The van der Waals surface area contributed by atoms with Crippen LogP contribution in [0.15, 0.2) is 24.3 Å². The zero-order valence-electron chi connectivity index (χ0n) is 11.0. The van der Waals surface area contributed by atoms with Crippen LogP contribution in [0.2, 0.25) is 0 Å². The molecule has 1 N–H and O–H groups in total. The summed E-state index contributed by atoms with van der Waals surface area (Å²) in [7, 11) is 3.53. The summed E-state index contributed by atoms with van der Waals surface area (Å²) in [5.41, 5.74) is 1.92. The third-order valence-electron chi connectivity index (χ3n) is 3.37. The summed E-state index contributed by atoms with van der Waals surface area (Å²) in [5, 5.41) is 10.1. The topological polar surface area (TPSA) is 43.8 Å². The van der Waals surface area contributed by atoms with Crippen molar-refractivity contribution in [2.45, 2.75) is 18.9 Å². The second-order valence-corrected chi connectivity index (χ2v) is 4.93. The predicted molar refractivity (Wildman–Crippen MR) is 71.5 cm³/mol. The Kier molecular flexibility index (Phi) is 3.87. The van der Waals surface area contributed by atoms with E-state index in [-0.39, 0.29) is 5.91 Å². The van der Waals surface area contributed by atoms with Crippen molar-refractivity contribution in [2.75, 3.05) is 32.1 Å². The Balaban J connectivity index is 2.26. The first-order valence-corrected chi connectivity index (χ1v) is 6.31. The van der Waals surface area contributed by atoms with Gasteiger partial charge in [0, 0.05) is 31.9 Å². The van der Waals surface area contributed by atoms with Gasteiger partial charge in [0.1, 0.15) is 0 Å². The molecule has 1 heterocycles. The second-order valence-electron chi connectivity index (χ2n) is 4.93. The number of carbonyl (C=O) groups excluding carboxylic acids is 1. The van der Waals surface area contributed by atoms with Crippen molar-refractivity contribution < 1.29 is 9.90 Å². The molecule has 98 valence electrons. The van der Waals surface area contributed by atoms with Crippen molar-refractivity contribution in [3.8, 4) is 0 Å².